The van der Waals surface area contributed by atoms with Crippen molar-refractivity contribution in [2.24, 2.45) is 0 Å². The van der Waals surface area contributed by atoms with Crippen molar-refractivity contribution >= 4 is 21.9 Å². The molecule has 1 amide bonds. The van der Waals surface area contributed by atoms with Gasteiger partial charge < -0.3 is 10.1 Å². The van der Waals surface area contributed by atoms with Gasteiger partial charge in [0, 0.05) is 18.2 Å². The number of sulfonamides is 1. The van der Waals surface area contributed by atoms with Crippen LogP contribution in [0.25, 0.3) is 0 Å². The van der Waals surface area contributed by atoms with E-state index >= 15 is 0 Å². The highest BCUT2D eigenvalue weighted by Crippen LogP contribution is 2.22. The summed E-state index contributed by atoms with van der Waals surface area (Å²) < 4.78 is 31.5. The Kier molecular flexibility index (Phi) is 5.57. The molecule has 0 aliphatic heterocycles. The van der Waals surface area contributed by atoms with E-state index in [1.54, 1.807) is 24.3 Å². The summed E-state index contributed by atoms with van der Waals surface area (Å²) in [6.45, 7) is 0.281. The molecule has 1 fully saturated rings. The van der Waals surface area contributed by atoms with Gasteiger partial charge >= 0.3 is 5.97 Å². The summed E-state index contributed by atoms with van der Waals surface area (Å²) >= 11 is 0. The molecule has 1 saturated carbocycles. The molecule has 8 heteroatoms. The largest absolute Gasteiger partial charge is 0.465 e. The second-order valence-electron chi connectivity index (χ2n) is 6.29. The molecule has 142 valence electrons. The number of esters is 1. The number of hydrogen-bond acceptors (Lipinski definition) is 5. The number of carbonyl (C=O) groups excluding carboxylic acids is 2. The highest BCUT2D eigenvalue weighted by Gasteiger charge is 2.27. The first-order valence-electron chi connectivity index (χ1n) is 8.47. The van der Waals surface area contributed by atoms with Crippen molar-refractivity contribution in [3.05, 3.63) is 65.2 Å². The lowest BCUT2D eigenvalue weighted by Gasteiger charge is -2.08. The molecule has 0 heterocycles. The molecule has 27 heavy (non-hydrogen) atoms. The maximum Gasteiger partial charge on any atom is 0.337 e. The predicted octanol–water partition coefficient (Wildman–Crippen LogP) is 1.84. The first-order valence-corrected chi connectivity index (χ1v) is 9.95. The summed E-state index contributed by atoms with van der Waals surface area (Å²) in [6.07, 6.45) is 1.72. The SMILES string of the molecule is COC(=O)c1ccc(CNC(=O)c2ccc(S(=O)(=O)NC3CC3)cc2)cc1. The Bertz CT molecular complexity index is 933. The average Bonchev–Trinajstić information content (AvgIpc) is 3.49. The van der Waals surface area contributed by atoms with Crippen molar-refractivity contribution in [1.29, 1.82) is 0 Å². The van der Waals surface area contributed by atoms with E-state index in [2.05, 4.69) is 14.8 Å². The predicted molar refractivity (Wildman–Crippen MR) is 98.7 cm³/mol. The second-order valence-corrected chi connectivity index (χ2v) is 8.01. The first kappa shape index (κ1) is 19.1. The third kappa shape index (κ3) is 4.93. The molecule has 0 unspecified atom stereocenters. The zero-order chi connectivity index (χ0) is 19.4. The third-order valence-electron chi connectivity index (χ3n) is 4.15. The number of carbonyl (C=O) groups is 2. The van der Waals surface area contributed by atoms with Gasteiger partial charge in [0.1, 0.15) is 0 Å². The van der Waals surface area contributed by atoms with Crippen molar-refractivity contribution in [2.45, 2.75) is 30.3 Å². The molecular weight excluding hydrogens is 368 g/mol. The summed E-state index contributed by atoms with van der Waals surface area (Å²) in [5.74, 6) is -0.733. The van der Waals surface area contributed by atoms with E-state index < -0.39 is 16.0 Å². The van der Waals surface area contributed by atoms with E-state index in [1.807, 2.05) is 0 Å². The number of benzene rings is 2. The number of ether oxygens (including phenoxy) is 1. The van der Waals surface area contributed by atoms with Crippen LogP contribution in [0.5, 0.6) is 0 Å². The van der Waals surface area contributed by atoms with Crippen LogP contribution in [0.1, 0.15) is 39.1 Å². The van der Waals surface area contributed by atoms with Gasteiger partial charge in [0.25, 0.3) is 5.91 Å². The minimum absolute atomic E-state index is 0.0311. The standard InChI is InChI=1S/C19H20N2O5S/c1-26-19(23)15-4-2-13(3-5-15)12-20-18(22)14-6-10-17(11-7-14)27(24,25)21-16-8-9-16/h2-7,10-11,16,21H,8-9,12H2,1H3,(H,20,22). The molecule has 0 bridgehead atoms. The van der Waals surface area contributed by atoms with E-state index in [1.165, 1.54) is 31.4 Å². The Morgan fingerprint density at radius 3 is 2.15 bits per heavy atom. The zero-order valence-electron chi connectivity index (χ0n) is 14.8. The van der Waals surface area contributed by atoms with Crippen LogP contribution in [0, 0.1) is 0 Å². The quantitative estimate of drug-likeness (QED) is 0.705. The normalized spacial score (nSPS) is 13.8. The second kappa shape index (κ2) is 7.89. The number of rotatable bonds is 7. The van der Waals surface area contributed by atoms with Crippen LogP contribution in [-0.4, -0.2) is 33.4 Å². The maximum absolute atomic E-state index is 12.2. The Labute approximate surface area is 157 Å². The van der Waals surface area contributed by atoms with E-state index in [9.17, 15) is 18.0 Å². The molecule has 0 saturated heterocycles. The van der Waals surface area contributed by atoms with Gasteiger partial charge in [0.15, 0.2) is 0 Å². The molecule has 0 aromatic heterocycles. The molecule has 0 radical (unpaired) electrons. The topological polar surface area (TPSA) is 102 Å². The number of nitrogens with one attached hydrogen (secondary N) is 2. The van der Waals surface area contributed by atoms with Crippen LogP contribution in [0.4, 0.5) is 0 Å². The Hall–Kier alpha value is -2.71. The number of hydrogen-bond donors (Lipinski definition) is 2. The Balaban J connectivity index is 1.58. The highest BCUT2D eigenvalue weighted by molar-refractivity contribution is 7.89. The van der Waals surface area contributed by atoms with Gasteiger partial charge in [0.05, 0.1) is 17.6 Å². The summed E-state index contributed by atoms with van der Waals surface area (Å²) in [4.78, 5) is 23.8. The van der Waals surface area contributed by atoms with Crippen molar-refractivity contribution < 1.29 is 22.7 Å². The molecule has 2 aromatic carbocycles. The fourth-order valence-electron chi connectivity index (χ4n) is 2.44. The molecular formula is C19H20N2O5S. The van der Waals surface area contributed by atoms with Gasteiger partial charge in [-0.2, -0.15) is 0 Å². The van der Waals surface area contributed by atoms with Crippen LogP contribution >= 0.6 is 0 Å². The molecule has 2 N–H and O–H groups in total. The Morgan fingerprint density at radius 1 is 1.00 bits per heavy atom. The molecule has 3 rings (SSSR count). The molecule has 0 atom stereocenters. The van der Waals surface area contributed by atoms with Crippen LogP contribution in [0.3, 0.4) is 0 Å². The zero-order valence-corrected chi connectivity index (χ0v) is 15.6. The third-order valence-corrected chi connectivity index (χ3v) is 5.69. The van der Waals surface area contributed by atoms with Gasteiger partial charge in [-0.1, -0.05) is 12.1 Å². The highest BCUT2D eigenvalue weighted by atomic mass is 32.2. The first-order chi connectivity index (χ1) is 12.9. The van der Waals surface area contributed by atoms with Crippen molar-refractivity contribution in [3.63, 3.8) is 0 Å². The van der Waals surface area contributed by atoms with Gasteiger partial charge in [-0.25, -0.2) is 17.9 Å². The van der Waals surface area contributed by atoms with Crippen molar-refractivity contribution in [1.82, 2.24) is 10.0 Å². The van der Waals surface area contributed by atoms with Crippen LogP contribution in [0.2, 0.25) is 0 Å². The fraction of sp³-hybridized carbons (Fsp3) is 0.263. The van der Waals surface area contributed by atoms with Gasteiger partial charge in [-0.05, 0) is 54.8 Å². The van der Waals surface area contributed by atoms with Crippen LogP contribution < -0.4 is 10.0 Å². The van der Waals surface area contributed by atoms with E-state index in [0.29, 0.717) is 11.1 Å². The van der Waals surface area contributed by atoms with E-state index in [4.69, 9.17) is 0 Å². The van der Waals surface area contributed by atoms with E-state index in [0.717, 1.165) is 18.4 Å². The molecule has 1 aliphatic carbocycles. The van der Waals surface area contributed by atoms with Crippen LogP contribution in [-0.2, 0) is 21.3 Å². The number of amides is 1. The number of methoxy groups -OCH3 is 1. The fourth-order valence-corrected chi connectivity index (χ4v) is 3.74. The van der Waals surface area contributed by atoms with Gasteiger partial charge in [-0.3, -0.25) is 4.79 Å². The summed E-state index contributed by atoms with van der Waals surface area (Å²) in [5, 5.41) is 2.76. The van der Waals surface area contributed by atoms with Crippen molar-refractivity contribution in [3.8, 4) is 0 Å². The summed E-state index contributed by atoms with van der Waals surface area (Å²) in [6, 6.07) is 12.5. The Morgan fingerprint density at radius 2 is 1.59 bits per heavy atom. The monoisotopic (exact) mass is 388 g/mol. The maximum atomic E-state index is 12.2. The summed E-state index contributed by atoms with van der Waals surface area (Å²) in [5.41, 5.74) is 1.62. The minimum Gasteiger partial charge on any atom is -0.465 e. The molecule has 1 aliphatic rings. The van der Waals surface area contributed by atoms with Gasteiger partial charge in [0.2, 0.25) is 10.0 Å². The lowest BCUT2D eigenvalue weighted by molar-refractivity contribution is 0.0600. The lowest BCUT2D eigenvalue weighted by Crippen LogP contribution is -2.26. The lowest BCUT2D eigenvalue weighted by atomic mass is 10.1. The molecule has 7 nitrogen and oxygen atoms in total. The molecule has 2 aromatic rings. The average molecular weight is 388 g/mol. The van der Waals surface area contributed by atoms with Gasteiger partial charge in [-0.15, -0.1) is 0 Å². The molecule has 0 spiro atoms. The van der Waals surface area contributed by atoms with E-state index in [-0.39, 0.29) is 23.4 Å². The van der Waals surface area contributed by atoms with Crippen LogP contribution in [0.15, 0.2) is 53.4 Å². The van der Waals surface area contributed by atoms with Crippen molar-refractivity contribution in [2.75, 3.05) is 7.11 Å². The summed E-state index contributed by atoms with van der Waals surface area (Å²) in [7, 11) is -2.21. The minimum atomic E-state index is -3.53. The smallest absolute Gasteiger partial charge is 0.337 e.